The lowest BCUT2D eigenvalue weighted by Crippen LogP contribution is -2.15. The highest BCUT2D eigenvalue weighted by molar-refractivity contribution is 5.79. The lowest BCUT2D eigenvalue weighted by atomic mass is 10.3. The minimum absolute atomic E-state index is 0.0386. The molecule has 0 saturated carbocycles. The monoisotopic (exact) mass is 295 g/mol. The first-order chi connectivity index (χ1) is 9.84. The molecule has 0 saturated heterocycles. The van der Waals surface area contributed by atoms with Gasteiger partial charge in [0.25, 0.3) is 0 Å². The van der Waals surface area contributed by atoms with E-state index in [0.29, 0.717) is 22.7 Å². The summed E-state index contributed by atoms with van der Waals surface area (Å²) >= 11 is 0. The molecule has 21 heavy (non-hydrogen) atoms. The van der Waals surface area contributed by atoms with Crippen molar-refractivity contribution in [3.05, 3.63) is 47.7 Å². The molecule has 0 aliphatic rings. The third-order valence-electron chi connectivity index (χ3n) is 3.14. The number of fused-ring (bicyclic) bond motifs is 1. The first kappa shape index (κ1) is 13.5. The Morgan fingerprint density at radius 1 is 1.24 bits per heavy atom. The van der Waals surface area contributed by atoms with E-state index in [1.54, 1.807) is 25.1 Å². The maximum Gasteiger partial charge on any atom is 0.449 e. The average molecular weight is 295 g/mol. The number of hydrogen-bond donors (Lipinski definition) is 1. The standard InChI is InChI=1S/C14H12F3N3O/c1-8-2-4-10(21-8)7-20-12-5-3-9(18)6-11(12)19-13(20)14(15,16)17/h2-6H,7,18H2,1H3. The molecule has 7 heteroatoms. The first-order valence-electron chi connectivity index (χ1n) is 6.23. The number of benzene rings is 1. The largest absolute Gasteiger partial charge is 0.464 e. The molecule has 0 atom stereocenters. The summed E-state index contributed by atoms with van der Waals surface area (Å²) in [6.07, 6.45) is -4.55. The molecule has 3 aromatic rings. The summed E-state index contributed by atoms with van der Waals surface area (Å²) in [5.74, 6) is 0.124. The number of nitrogens with zero attached hydrogens (tertiary/aromatic N) is 2. The molecule has 0 amide bonds. The molecule has 4 nitrogen and oxygen atoms in total. The van der Waals surface area contributed by atoms with Crippen LogP contribution in [0.1, 0.15) is 17.3 Å². The Labute approximate surface area is 118 Å². The quantitative estimate of drug-likeness (QED) is 0.735. The number of hydrogen-bond acceptors (Lipinski definition) is 3. The topological polar surface area (TPSA) is 57.0 Å². The molecule has 2 N–H and O–H groups in total. The Kier molecular flexibility index (Phi) is 2.93. The number of nitrogens with two attached hydrogens (primary N) is 1. The summed E-state index contributed by atoms with van der Waals surface area (Å²) in [6.45, 7) is 1.70. The second-order valence-corrected chi connectivity index (χ2v) is 4.78. The fourth-order valence-corrected chi connectivity index (χ4v) is 2.25. The normalized spacial score (nSPS) is 12.2. The summed E-state index contributed by atoms with van der Waals surface area (Å²) in [6, 6.07) is 7.86. The van der Waals surface area contributed by atoms with Gasteiger partial charge in [-0.25, -0.2) is 4.98 Å². The van der Waals surface area contributed by atoms with E-state index in [1.165, 1.54) is 12.1 Å². The number of furan rings is 1. The highest BCUT2D eigenvalue weighted by atomic mass is 19.4. The van der Waals surface area contributed by atoms with Crippen molar-refractivity contribution < 1.29 is 17.6 Å². The minimum Gasteiger partial charge on any atom is -0.464 e. The number of anilines is 1. The van der Waals surface area contributed by atoms with Crippen molar-refractivity contribution in [1.29, 1.82) is 0 Å². The summed E-state index contributed by atoms with van der Waals surface area (Å²) < 4.78 is 45.9. The van der Waals surface area contributed by atoms with Crippen LogP contribution in [-0.2, 0) is 12.7 Å². The molecule has 0 aliphatic heterocycles. The maximum absolute atomic E-state index is 13.1. The maximum atomic E-state index is 13.1. The van der Waals surface area contributed by atoms with Gasteiger partial charge in [0.15, 0.2) is 0 Å². The van der Waals surface area contributed by atoms with Crippen LogP contribution in [0.4, 0.5) is 18.9 Å². The van der Waals surface area contributed by atoms with Crippen molar-refractivity contribution in [2.75, 3.05) is 5.73 Å². The van der Waals surface area contributed by atoms with E-state index in [-0.39, 0.29) is 12.1 Å². The van der Waals surface area contributed by atoms with Crippen LogP contribution in [0.25, 0.3) is 11.0 Å². The van der Waals surface area contributed by atoms with E-state index in [1.807, 2.05) is 0 Å². The molecule has 1 aromatic carbocycles. The molecular formula is C14H12F3N3O. The molecular weight excluding hydrogens is 283 g/mol. The lowest BCUT2D eigenvalue weighted by Gasteiger charge is -2.10. The molecule has 0 radical (unpaired) electrons. The first-order valence-corrected chi connectivity index (χ1v) is 6.23. The van der Waals surface area contributed by atoms with Gasteiger partial charge in [-0.05, 0) is 37.3 Å². The zero-order chi connectivity index (χ0) is 15.2. The fourth-order valence-electron chi connectivity index (χ4n) is 2.25. The fraction of sp³-hybridized carbons (Fsp3) is 0.214. The molecule has 3 rings (SSSR count). The molecule has 0 aliphatic carbocycles. The van der Waals surface area contributed by atoms with E-state index in [9.17, 15) is 13.2 Å². The Bertz CT molecular complexity index is 801. The second kappa shape index (κ2) is 4.54. The van der Waals surface area contributed by atoms with Gasteiger partial charge in [0.05, 0.1) is 17.6 Å². The van der Waals surface area contributed by atoms with Crippen molar-refractivity contribution >= 4 is 16.7 Å². The van der Waals surface area contributed by atoms with Gasteiger partial charge in [-0.15, -0.1) is 0 Å². The predicted octanol–water partition coefficient (Wildman–Crippen LogP) is 3.59. The second-order valence-electron chi connectivity index (χ2n) is 4.78. The Hall–Kier alpha value is -2.44. The van der Waals surface area contributed by atoms with Crippen LogP contribution in [0.2, 0.25) is 0 Å². The van der Waals surface area contributed by atoms with Crippen molar-refractivity contribution in [2.45, 2.75) is 19.6 Å². The zero-order valence-corrected chi connectivity index (χ0v) is 11.1. The minimum atomic E-state index is -4.55. The highest BCUT2D eigenvalue weighted by Crippen LogP contribution is 2.32. The molecule has 2 aromatic heterocycles. The predicted molar refractivity (Wildman–Crippen MR) is 71.7 cm³/mol. The van der Waals surface area contributed by atoms with Crippen LogP contribution < -0.4 is 5.73 Å². The van der Waals surface area contributed by atoms with E-state index >= 15 is 0 Å². The van der Waals surface area contributed by atoms with Gasteiger partial charge in [0.1, 0.15) is 11.5 Å². The van der Waals surface area contributed by atoms with Gasteiger partial charge in [-0.2, -0.15) is 13.2 Å². The molecule has 110 valence electrons. The van der Waals surface area contributed by atoms with Gasteiger partial charge in [-0.1, -0.05) is 0 Å². The highest BCUT2D eigenvalue weighted by Gasteiger charge is 2.37. The summed E-state index contributed by atoms with van der Waals surface area (Å²) in [5.41, 5.74) is 6.55. The number of rotatable bonds is 2. The number of nitrogen functional groups attached to an aromatic ring is 1. The van der Waals surface area contributed by atoms with Crippen molar-refractivity contribution in [3.63, 3.8) is 0 Å². The van der Waals surface area contributed by atoms with Crippen molar-refractivity contribution in [2.24, 2.45) is 0 Å². The van der Waals surface area contributed by atoms with Crippen LogP contribution in [0.15, 0.2) is 34.7 Å². The van der Waals surface area contributed by atoms with Crippen LogP contribution in [-0.4, -0.2) is 9.55 Å². The Balaban J connectivity index is 2.17. The molecule has 0 bridgehead atoms. The zero-order valence-electron chi connectivity index (χ0n) is 11.1. The van der Waals surface area contributed by atoms with Gasteiger partial charge < -0.3 is 14.7 Å². The van der Waals surface area contributed by atoms with E-state index < -0.39 is 12.0 Å². The number of alkyl halides is 3. The van der Waals surface area contributed by atoms with Crippen molar-refractivity contribution in [3.8, 4) is 0 Å². The number of imidazole rings is 1. The van der Waals surface area contributed by atoms with E-state index in [2.05, 4.69) is 4.98 Å². The number of aromatic nitrogens is 2. The van der Waals surface area contributed by atoms with E-state index in [4.69, 9.17) is 10.2 Å². The van der Waals surface area contributed by atoms with Crippen LogP contribution in [0.3, 0.4) is 0 Å². The van der Waals surface area contributed by atoms with Crippen LogP contribution in [0, 0.1) is 6.92 Å². The van der Waals surface area contributed by atoms with Gasteiger partial charge in [-0.3, -0.25) is 0 Å². The lowest BCUT2D eigenvalue weighted by molar-refractivity contribution is -0.146. The average Bonchev–Trinajstić information content (AvgIpc) is 2.93. The van der Waals surface area contributed by atoms with Crippen LogP contribution >= 0.6 is 0 Å². The number of aryl methyl sites for hydroxylation is 1. The van der Waals surface area contributed by atoms with Gasteiger partial charge >= 0.3 is 6.18 Å². The third kappa shape index (κ3) is 2.46. The van der Waals surface area contributed by atoms with Crippen LogP contribution in [0.5, 0.6) is 0 Å². The van der Waals surface area contributed by atoms with Gasteiger partial charge in [0.2, 0.25) is 5.82 Å². The van der Waals surface area contributed by atoms with Gasteiger partial charge in [0, 0.05) is 5.69 Å². The Morgan fingerprint density at radius 2 is 2.00 bits per heavy atom. The summed E-state index contributed by atoms with van der Waals surface area (Å²) in [5, 5.41) is 0. The summed E-state index contributed by atoms with van der Waals surface area (Å²) in [4.78, 5) is 3.66. The SMILES string of the molecule is Cc1ccc(Cn2c(C(F)(F)F)nc3cc(N)ccc32)o1. The van der Waals surface area contributed by atoms with E-state index in [0.717, 1.165) is 4.57 Å². The number of halogens is 3. The summed E-state index contributed by atoms with van der Waals surface area (Å²) in [7, 11) is 0. The molecule has 0 spiro atoms. The van der Waals surface area contributed by atoms with Crippen molar-refractivity contribution in [1.82, 2.24) is 9.55 Å². The molecule has 0 fully saturated rings. The molecule has 2 heterocycles. The third-order valence-corrected chi connectivity index (χ3v) is 3.14. The smallest absolute Gasteiger partial charge is 0.449 e. The molecule has 0 unspecified atom stereocenters. The Morgan fingerprint density at radius 3 is 2.62 bits per heavy atom.